The minimum Gasteiger partial charge on any atom is -0.294 e. The lowest BCUT2D eigenvalue weighted by molar-refractivity contribution is -0.380. The van der Waals surface area contributed by atoms with Gasteiger partial charge in [-0.15, -0.1) is 0 Å². The van der Waals surface area contributed by atoms with E-state index in [1.807, 2.05) is 31.0 Å². The molecule has 3 aliphatic rings. The van der Waals surface area contributed by atoms with Crippen molar-refractivity contribution in [3.05, 3.63) is 38.4 Å². The Kier molecular flexibility index (Phi) is 3.69. The van der Waals surface area contributed by atoms with Crippen LogP contribution >= 0.6 is 23.1 Å². The third-order valence-electron chi connectivity index (χ3n) is 5.18. The quantitative estimate of drug-likeness (QED) is 0.579. The molecule has 2 atom stereocenters. The smallest absolute Gasteiger partial charge is 0.294 e. The zero-order valence-corrected chi connectivity index (χ0v) is 15.2. The molecule has 2 aliphatic heterocycles. The van der Waals surface area contributed by atoms with E-state index in [0.717, 1.165) is 58.9 Å². The second-order valence-electron chi connectivity index (χ2n) is 7.17. The Balaban J connectivity index is 1.85. The van der Waals surface area contributed by atoms with Crippen LogP contribution in [-0.4, -0.2) is 27.4 Å². The molecule has 7 heteroatoms. The van der Waals surface area contributed by atoms with Gasteiger partial charge >= 0.3 is 5.00 Å². The summed E-state index contributed by atoms with van der Waals surface area (Å²) in [7, 11) is 0. The predicted octanol–water partition coefficient (Wildman–Crippen LogP) is 4.34. The van der Waals surface area contributed by atoms with Crippen LogP contribution in [0.25, 0.3) is 0 Å². The molecular formula is C17H18N2O3S2. The molecule has 0 bridgehead atoms. The number of carbonyl (C=O) groups is 1. The Morgan fingerprint density at radius 3 is 2.88 bits per heavy atom. The van der Waals surface area contributed by atoms with Gasteiger partial charge in [0, 0.05) is 39.8 Å². The van der Waals surface area contributed by atoms with Crippen molar-refractivity contribution >= 4 is 39.6 Å². The average molecular weight is 362 g/mol. The van der Waals surface area contributed by atoms with Crippen LogP contribution < -0.4 is 0 Å². The second-order valence-corrected chi connectivity index (χ2v) is 9.31. The third-order valence-corrected chi connectivity index (χ3v) is 7.42. The second kappa shape index (κ2) is 5.52. The Labute approximate surface area is 148 Å². The van der Waals surface area contributed by atoms with Gasteiger partial charge in [-0.3, -0.25) is 19.9 Å². The fraction of sp³-hybridized carbons (Fsp3) is 0.529. The monoisotopic (exact) mass is 362 g/mol. The first-order chi connectivity index (χ1) is 11.4. The lowest BCUT2D eigenvalue weighted by Crippen LogP contribution is -2.38. The first-order valence-electron chi connectivity index (χ1n) is 8.08. The maximum absolute atomic E-state index is 13.1. The van der Waals surface area contributed by atoms with Gasteiger partial charge in [-0.2, -0.15) is 11.8 Å². The Morgan fingerprint density at radius 1 is 1.38 bits per heavy atom. The van der Waals surface area contributed by atoms with E-state index in [1.54, 1.807) is 6.07 Å². The van der Waals surface area contributed by atoms with Crippen LogP contribution in [0.15, 0.2) is 27.7 Å². The van der Waals surface area contributed by atoms with Gasteiger partial charge in [0.25, 0.3) is 0 Å². The molecule has 5 nitrogen and oxygen atoms in total. The van der Waals surface area contributed by atoms with E-state index >= 15 is 0 Å². The van der Waals surface area contributed by atoms with Crippen molar-refractivity contribution < 1.29 is 9.72 Å². The molecule has 1 aromatic heterocycles. The minimum atomic E-state index is -0.380. The number of hydrogen-bond acceptors (Lipinski definition) is 6. The van der Waals surface area contributed by atoms with Crippen molar-refractivity contribution in [3.63, 3.8) is 0 Å². The van der Waals surface area contributed by atoms with Gasteiger partial charge in [0.15, 0.2) is 5.78 Å². The topological polar surface area (TPSA) is 72.6 Å². The number of thiophene rings is 1. The summed E-state index contributed by atoms with van der Waals surface area (Å²) in [6.45, 7) is 3.99. The van der Waals surface area contributed by atoms with Gasteiger partial charge < -0.3 is 0 Å². The molecule has 0 radical (unpaired) electrons. The molecule has 1 aliphatic carbocycles. The molecule has 4 rings (SSSR count). The van der Waals surface area contributed by atoms with Gasteiger partial charge in [-0.25, -0.2) is 0 Å². The van der Waals surface area contributed by atoms with Crippen LogP contribution in [-0.2, 0) is 4.79 Å². The molecule has 24 heavy (non-hydrogen) atoms. The molecule has 2 unspecified atom stereocenters. The van der Waals surface area contributed by atoms with Crippen LogP contribution in [0.2, 0.25) is 0 Å². The Hall–Kier alpha value is -1.47. The van der Waals surface area contributed by atoms with Gasteiger partial charge in [-0.1, -0.05) is 25.2 Å². The molecular weight excluding hydrogens is 344 g/mol. The number of nitrogens with zero attached hydrogens (tertiary/aromatic N) is 2. The lowest BCUT2D eigenvalue weighted by Gasteiger charge is -2.38. The molecule has 1 aromatic rings. The van der Waals surface area contributed by atoms with Crippen LogP contribution in [0.1, 0.15) is 44.6 Å². The van der Waals surface area contributed by atoms with Crippen molar-refractivity contribution in [2.45, 2.75) is 44.3 Å². The van der Waals surface area contributed by atoms with Crippen molar-refractivity contribution in [2.24, 2.45) is 10.4 Å². The number of nitro groups is 1. The number of thioether (sulfide) groups is 1. The maximum Gasteiger partial charge on any atom is 0.324 e. The molecule has 3 heterocycles. The van der Waals surface area contributed by atoms with Gasteiger partial charge in [0.05, 0.1) is 10.2 Å². The van der Waals surface area contributed by atoms with E-state index in [4.69, 9.17) is 4.99 Å². The first-order valence-corrected chi connectivity index (χ1v) is 10.0. The normalized spacial score (nSPS) is 28.4. The molecule has 0 N–H and O–H groups in total. The number of hydrogen-bond donors (Lipinski definition) is 0. The van der Waals surface area contributed by atoms with E-state index < -0.39 is 0 Å². The summed E-state index contributed by atoms with van der Waals surface area (Å²) in [5.74, 6) is 1.08. The van der Waals surface area contributed by atoms with Crippen molar-refractivity contribution in [3.8, 4) is 0 Å². The SMILES string of the molecule is CC1(C)CCC2=C(C1=O)C(c1csc([N+](=O)[O-])c1)C1SCCC1=N2. The minimum absolute atomic E-state index is 0.0861. The summed E-state index contributed by atoms with van der Waals surface area (Å²) in [6.07, 6.45) is 2.58. The standard InChI is InChI=1S/C17H18N2O3S2/c1-17(2)5-3-10-14(16(17)20)13(15-11(18-10)4-6-23-15)9-7-12(19(21)22)24-8-9/h7-8,13,15H,3-6H2,1-2H3. The third kappa shape index (κ3) is 2.37. The predicted molar refractivity (Wildman–Crippen MR) is 97.1 cm³/mol. The lowest BCUT2D eigenvalue weighted by atomic mass is 9.68. The van der Waals surface area contributed by atoms with E-state index in [0.29, 0.717) is 0 Å². The van der Waals surface area contributed by atoms with Gasteiger partial charge in [-0.05, 0) is 30.6 Å². The molecule has 1 saturated heterocycles. The molecule has 0 amide bonds. The Morgan fingerprint density at radius 2 is 2.17 bits per heavy atom. The fourth-order valence-corrected chi connectivity index (χ4v) is 6.00. The molecule has 1 fully saturated rings. The van der Waals surface area contributed by atoms with Crippen molar-refractivity contribution in [2.75, 3.05) is 5.75 Å². The fourth-order valence-electron chi connectivity index (χ4n) is 3.81. The molecule has 0 aromatic carbocycles. The van der Waals surface area contributed by atoms with Gasteiger partial charge in [0.1, 0.15) is 0 Å². The number of aliphatic imine (C=N–C) groups is 1. The number of allylic oxidation sites excluding steroid dienone is 2. The molecule has 0 spiro atoms. The van der Waals surface area contributed by atoms with Crippen LogP contribution in [0.4, 0.5) is 5.00 Å². The largest absolute Gasteiger partial charge is 0.324 e. The van der Waals surface area contributed by atoms with Crippen LogP contribution in [0.3, 0.4) is 0 Å². The zero-order valence-electron chi connectivity index (χ0n) is 13.6. The van der Waals surface area contributed by atoms with E-state index in [-0.39, 0.29) is 32.3 Å². The highest BCUT2D eigenvalue weighted by Crippen LogP contribution is 2.51. The average Bonchev–Trinajstić information content (AvgIpc) is 3.18. The zero-order chi connectivity index (χ0) is 17.1. The molecule has 126 valence electrons. The van der Waals surface area contributed by atoms with Gasteiger partial charge in [0.2, 0.25) is 0 Å². The summed E-state index contributed by atoms with van der Waals surface area (Å²) in [4.78, 5) is 28.7. The highest BCUT2D eigenvalue weighted by atomic mass is 32.2. The van der Waals surface area contributed by atoms with E-state index in [9.17, 15) is 14.9 Å². The number of rotatable bonds is 2. The molecule has 0 saturated carbocycles. The summed E-state index contributed by atoms with van der Waals surface area (Å²) in [5, 5.41) is 13.2. The van der Waals surface area contributed by atoms with Crippen molar-refractivity contribution in [1.82, 2.24) is 0 Å². The number of ketones is 1. The van der Waals surface area contributed by atoms with E-state index in [1.165, 1.54) is 0 Å². The summed E-state index contributed by atoms with van der Waals surface area (Å²) >= 11 is 2.97. The summed E-state index contributed by atoms with van der Waals surface area (Å²) < 4.78 is 0. The highest BCUT2D eigenvalue weighted by molar-refractivity contribution is 8.01. The summed E-state index contributed by atoms with van der Waals surface area (Å²) in [6, 6.07) is 1.65. The Bertz CT molecular complexity index is 807. The summed E-state index contributed by atoms with van der Waals surface area (Å²) in [5.41, 5.74) is 3.41. The first kappa shape index (κ1) is 16.0. The van der Waals surface area contributed by atoms with E-state index in [2.05, 4.69) is 0 Å². The maximum atomic E-state index is 13.1. The van der Waals surface area contributed by atoms with Crippen molar-refractivity contribution in [1.29, 1.82) is 0 Å². The number of carbonyl (C=O) groups excluding carboxylic acids is 1. The highest BCUT2D eigenvalue weighted by Gasteiger charge is 2.47. The number of Topliss-reactive ketones (excluding diaryl/α,β-unsaturated/α-hetero) is 1. The number of fused-ring (bicyclic) bond motifs is 1. The van der Waals surface area contributed by atoms with Crippen LogP contribution in [0, 0.1) is 15.5 Å². The van der Waals surface area contributed by atoms with Crippen LogP contribution in [0.5, 0.6) is 0 Å².